The van der Waals surface area contributed by atoms with Crippen LogP contribution < -0.4 is 15.6 Å². The molecule has 0 aliphatic carbocycles. The second kappa shape index (κ2) is 6.95. The molecule has 0 aliphatic heterocycles. The predicted molar refractivity (Wildman–Crippen MR) is 92.2 cm³/mol. The number of carbonyl (C=O) groups is 1. The first kappa shape index (κ1) is 15.7. The number of ether oxygens (including phenoxy) is 1. The molecule has 0 unspecified atom stereocenters. The van der Waals surface area contributed by atoms with Gasteiger partial charge in [0.1, 0.15) is 12.3 Å². The van der Waals surface area contributed by atoms with E-state index in [9.17, 15) is 9.59 Å². The van der Waals surface area contributed by atoms with Crippen molar-refractivity contribution in [1.82, 2.24) is 9.55 Å². The summed E-state index contributed by atoms with van der Waals surface area (Å²) in [6, 6.07) is 14.3. The van der Waals surface area contributed by atoms with E-state index in [2.05, 4.69) is 10.3 Å². The van der Waals surface area contributed by atoms with E-state index in [0.29, 0.717) is 23.3 Å². The zero-order chi connectivity index (χ0) is 16.9. The predicted octanol–water partition coefficient (Wildman–Crippen LogP) is 2.43. The number of rotatable bonds is 5. The van der Waals surface area contributed by atoms with Crippen LogP contribution >= 0.6 is 0 Å². The Labute approximate surface area is 138 Å². The Kier molecular flexibility index (Phi) is 4.56. The second-order valence-corrected chi connectivity index (χ2v) is 5.18. The first-order chi connectivity index (χ1) is 11.7. The summed E-state index contributed by atoms with van der Waals surface area (Å²) in [7, 11) is 0. The van der Waals surface area contributed by atoms with Gasteiger partial charge in [0.05, 0.1) is 23.8 Å². The highest BCUT2D eigenvalue weighted by molar-refractivity contribution is 5.91. The Morgan fingerprint density at radius 1 is 1.17 bits per heavy atom. The average molecular weight is 323 g/mol. The number of benzene rings is 2. The van der Waals surface area contributed by atoms with Gasteiger partial charge in [-0.25, -0.2) is 4.98 Å². The van der Waals surface area contributed by atoms with Crippen molar-refractivity contribution in [3.05, 3.63) is 65.1 Å². The Hall–Kier alpha value is -3.15. The Morgan fingerprint density at radius 2 is 1.92 bits per heavy atom. The van der Waals surface area contributed by atoms with Crippen LogP contribution in [0, 0.1) is 0 Å². The van der Waals surface area contributed by atoms with Gasteiger partial charge in [-0.15, -0.1) is 0 Å². The second-order valence-electron chi connectivity index (χ2n) is 5.18. The Morgan fingerprint density at radius 3 is 2.67 bits per heavy atom. The fourth-order valence-electron chi connectivity index (χ4n) is 2.42. The minimum atomic E-state index is -0.310. The van der Waals surface area contributed by atoms with Gasteiger partial charge in [-0.1, -0.05) is 12.1 Å². The van der Waals surface area contributed by atoms with Crippen molar-refractivity contribution in [3.63, 3.8) is 0 Å². The number of carbonyl (C=O) groups excluding carboxylic acids is 1. The van der Waals surface area contributed by atoms with Gasteiger partial charge in [0.15, 0.2) is 0 Å². The zero-order valence-electron chi connectivity index (χ0n) is 13.2. The van der Waals surface area contributed by atoms with Crippen molar-refractivity contribution >= 4 is 22.6 Å². The van der Waals surface area contributed by atoms with Gasteiger partial charge in [-0.3, -0.25) is 14.2 Å². The first-order valence-corrected chi connectivity index (χ1v) is 7.64. The molecule has 0 atom stereocenters. The largest absolute Gasteiger partial charge is 0.494 e. The summed E-state index contributed by atoms with van der Waals surface area (Å²) in [5.41, 5.74) is 1.64. The van der Waals surface area contributed by atoms with Crippen molar-refractivity contribution in [2.45, 2.75) is 13.5 Å². The number of fused-ring (bicyclic) bond motifs is 1. The molecule has 0 saturated heterocycles. The van der Waals surface area contributed by atoms with Crippen molar-refractivity contribution in [3.8, 4) is 5.75 Å². The highest BCUT2D eigenvalue weighted by atomic mass is 16.5. The fraction of sp³-hybridized carbons (Fsp3) is 0.167. The molecule has 0 saturated carbocycles. The normalized spacial score (nSPS) is 10.5. The molecular formula is C18H17N3O3. The van der Waals surface area contributed by atoms with Crippen LogP contribution in [-0.2, 0) is 11.3 Å². The topological polar surface area (TPSA) is 73.2 Å². The van der Waals surface area contributed by atoms with Crippen LogP contribution in [0.15, 0.2) is 59.5 Å². The highest BCUT2D eigenvalue weighted by Gasteiger charge is 2.09. The summed E-state index contributed by atoms with van der Waals surface area (Å²) in [5, 5.41) is 2.78. The molecular weight excluding hydrogens is 306 g/mol. The van der Waals surface area contributed by atoms with Crippen LogP contribution in [0.3, 0.4) is 0 Å². The number of anilines is 1. The van der Waals surface area contributed by atoms with Crippen LogP contribution in [-0.4, -0.2) is 22.1 Å². The summed E-state index contributed by atoms with van der Waals surface area (Å²) >= 11 is 0. The Bertz CT molecular complexity index is 917. The number of para-hydroxylation sites is 2. The molecule has 0 aliphatic rings. The van der Waals surface area contributed by atoms with Gasteiger partial charge in [-0.05, 0) is 43.3 Å². The van der Waals surface area contributed by atoms with E-state index >= 15 is 0 Å². The third-order valence-electron chi connectivity index (χ3n) is 3.50. The number of hydrogen-bond donors (Lipinski definition) is 1. The molecule has 6 nitrogen and oxygen atoms in total. The smallest absolute Gasteiger partial charge is 0.269 e. The maximum Gasteiger partial charge on any atom is 0.269 e. The molecule has 1 aromatic heterocycles. The quantitative estimate of drug-likeness (QED) is 0.782. The van der Waals surface area contributed by atoms with Gasteiger partial charge in [0, 0.05) is 5.69 Å². The molecule has 24 heavy (non-hydrogen) atoms. The SMILES string of the molecule is CCOc1ccc(NC(=O)Cn2c(=O)cnc3ccccc32)cc1. The number of hydrogen-bond acceptors (Lipinski definition) is 4. The van der Waals surface area contributed by atoms with Crippen LogP contribution in [0.5, 0.6) is 5.75 Å². The van der Waals surface area contributed by atoms with E-state index in [1.165, 1.54) is 10.8 Å². The van der Waals surface area contributed by atoms with E-state index in [1.807, 2.05) is 19.1 Å². The molecule has 0 fully saturated rings. The van der Waals surface area contributed by atoms with Crippen molar-refractivity contribution in [1.29, 1.82) is 0 Å². The summed E-state index contributed by atoms with van der Waals surface area (Å²) in [6.45, 7) is 2.42. The minimum Gasteiger partial charge on any atom is -0.494 e. The standard InChI is InChI=1S/C18H17N3O3/c1-2-24-14-9-7-13(8-10-14)20-17(22)12-21-16-6-4-3-5-15(16)19-11-18(21)23/h3-11H,2,12H2,1H3,(H,20,22). The van der Waals surface area contributed by atoms with Crippen molar-refractivity contribution < 1.29 is 9.53 Å². The molecule has 1 heterocycles. The number of nitrogens with one attached hydrogen (secondary N) is 1. The highest BCUT2D eigenvalue weighted by Crippen LogP contribution is 2.16. The van der Waals surface area contributed by atoms with Crippen LogP contribution in [0.25, 0.3) is 11.0 Å². The fourth-order valence-corrected chi connectivity index (χ4v) is 2.42. The van der Waals surface area contributed by atoms with Gasteiger partial charge in [0.2, 0.25) is 5.91 Å². The Balaban J connectivity index is 1.78. The summed E-state index contributed by atoms with van der Waals surface area (Å²) in [5.74, 6) is 0.462. The molecule has 2 aromatic carbocycles. The molecule has 0 radical (unpaired) electrons. The number of nitrogens with zero attached hydrogens (tertiary/aromatic N) is 2. The molecule has 6 heteroatoms. The van der Waals surface area contributed by atoms with Gasteiger partial charge in [0.25, 0.3) is 5.56 Å². The van der Waals surface area contributed by atoms with E-state index in [1.54, 1.807) is 36.4 Å². The third kappa shape index (κ3) is 3.43. The van der Waals surface area contributed by atoms with E-state index in [-0.39, 0.29) is 18.0 Å². The van der Waals surface area contributed by atoms with E-state index < -0.39 is 0 Å². The maximum atomic E-state index is 12.3. The van der Waals surface area contributed by atoms with Gasteiger partial charge in [-0.2, -0.15) is 0 Å². The summed E-state index contributed by atoms with van der Waals surface area (Å²) in [4.78, 5) is 28.4. The van der Waals surface area contributed by atoms with Crippen molar-refractivity contribution in [2.24, 2.45) is 0 Å². The van der Waals surface area contributed by atoms with Gasteiger partial charge < -0.3 is 10.1 Å². The lowest BCUT2D eigenvalue weighted by Gasteiger charge is -2.10. The van der Waals surface area contributed by atoms with Crippen LogP contribution in [0.4, 0.5) is 5.69 Å². The third-order valence-corrected chi connectivity index (χ3v) is 3.50. The van der Waals surface area contributed by atoms with Crippen LogP contribution in [0.2, 0.25) is 0 Å². The molecule has 0 bridgehead atoms. The molecule has 0 spiro atoms. The zero-order valence-corrected chi connectivity index (χ0v) is 13.2. The van der Waals surface area contributed by atoms with E-state index in [4.69, 9.17) is 4.74 Å². The average Bonchev–Trinajstić information content (AvgIpc) is 2.59. The first-order valence-electron chi connectivity index (χ1n) is 7.64. The number of amides is 1. The molecule has 1 amide bonds. The lowest BCUT2D eigenvalue weighted by Crippen LogP contribution is -2.27. The van der Waals surface area contributed by atoms with Crippen molar-refractivity contribution in [2.75, 3.05) is 11.9 Å². The monoisotopic (exact) mass is 323 g/mol. The minimum absolute atomic E-state index is 0.0743. The van der Waals surface area contributed by atoms with Crippen LogP contribution in [0.1, 0.15) is 6.92 Å². The lowest BCUT2D eigenvalue weighted by molar-refractivity contribution is -0.116. The molecule has 3 rings (SSSR count). The van der Waals surface area contributed by atoms with Gasteiger partial charge >= 0.3 is 0 Å². The molecule has 1 N–H and O–H groups in total. The lowest BCUT2D eigenvalue weighted by atomic mass is 10.3. The summed E-state index contributed by atoms with van der Waals surface area (Å²) in [6.07, 6.45) is 1.23. The van der Waals surface area contributed by atoms with E-state index in [0.717, 1.165) is 5.75 Å². The number of aromatic nitrogens is 2. The molecule has 3 aromatic rings. The molecule has 122 valence electrons. The maximum absolute atomic E-state index is 12.3. The summed E-state index contributed by atoms with van der Waals surface area (Å²) < 4.78 is 6.77.